The highest BCUT2D eigenvalue weighted by Crippen LogP contribution is 2.26. The fourth-order valence-electron chi connectivity index (χ4n) is 2.64. The summed E-state index contributed by atoms with van der Waals surface area (Å²) in [5.41, 5.74) is 2.57. The Labute approximate surface area is 144 Å². The molecule has 1 heterocycles. The van der Waals surface area contributed by atoms with Gasteiger partial charge in [0.05, 0.1) is 12.6 Å². The summed E-state index contributed by atoms with van der Waals surface area (Å²) in [4.78, 5) is 16.2. The van der Waals surface area contributed by atoms with E-state index >= 15 is 0 Å². The van der Waals surface area contributed by atoms with Crippen LogP contribution in [-0.2, 0) is 16.8 Å². The average Bonchev–Trinajstić information content (AvgIpc) is 3.03. The van der Waals surface area contributed by atoms with Crippen molar-refractivity contribution in [1.82, 2.24) is 20.1 Å². The van der Waals surface area contributed by atoms with Crippen molar-refractivity contribution in [2.24, 2.45) is 5.92 Å². The third-order valence-corrected chi connectivity index (χ3v) is 4.15. The van der Waals surface area contributed by atoms with E-state index in [1.807, 2.05) is 0 Å². The van der Waals surface area contributed by atoms with Gasteiger partial charge in [-0.1, -0.05) is 58.9 Å². The van der Waals surface area contributed by atoms with Gasteiger partial charge in [-0.25, -0.2) is 4.98 Å². The molecule has 0 saturated heterocycles. The number of benzene rings is 1. The van der Waals surface area contributed by atoms with Gasteiger partial charge in [-0.15, -0.1) is 0 Å². The maximum atomic E-state index is 12.3. The van der Waals surface area contributed by atoms with Crippen LogP contribution in [0, 0.1) is 5.92 Å². The summed E-state index contributed by atoms with van der Waals surface area (Å²) in [6, 6.07) is 8.59. The summed E-state index contributed by atoms with van der Waals surface area (Å²) in [5, 5.41) is 7.17. The van der Waals surface area contributed by atoms with Gasteiger partial charge in [0.2, 0.25) is 5.91 Å². The third-order valence-electron chi connectivity index (χ3n) is 4.15. The number of amides is 1. The molecule has 0 spiro atoms. The largest absolute Gasteiger partial charge is 0.349 e. The van der Waals surface area contributed by atoms with Gasteiger partial charge in [-0.3, -0.25) is 9.48 Å². The molecule has 1 unspecified atom stereocenters. The lowest BCUT2D eigenvalue weighted by Crippen LogP contribution is -2.32. The van der Waals surface area contributed by atoms with Crippen molar-refractivity contribution in [3.63, 3.8) is 0 Å². The van der Waals surface area contributed by atoms with Crippen molar-refractivity contribution in [1.29, 1.82) is 0 Å². The maximum absolute atomic E-state index is 12.3. The molecular weight excluding hydrogens is 300 g/mol. The van der Waals surface area contributed by atoms with Gasteiger partial charge in [0.25, 0.3) is 0 Å². The van der Waals surface area contributed by atoms with Gasteiger partial charge in [-0.2, -0.15) is 5.10 Å². The number of nitrogens with one attached hydrogen (secondary N) is 1. The molecule has 0 aliphatic carbocycles. The van der Waals surface area contributed by atoms with Crippen LogP contribution in [-0.4, -0.2) is 20.7 Å². The van der Waals surface area contributed by atoms with Crippen LogP contribution < -0.4 is 5.32 Å². The summed E-state index contributed by atoms with van der Waals surface area (Å²) >= 11 is 0. The molecule has 1 aromatic heterocycles. The molecule has 130 valence electrons. The zero-order valence-corrected chi connectivity index (χ0v) is 15.3. The zero-order chi connectivity index (χ0) is 17.7. The van der Waals surface area contributed by atoms with Crippen LogP contribution in [0.4, 0.5) is 0 Å². The van der Waals surface area contributed by atoms with E-state index in [-0.39, 0.29) is 17.4 Å². The summed E-state index contributed by atoms with van der Waals surface area (Å²) in [6.45, 7) is 11.4. The highest BCUT2D eigenvalue weighted by atomic mass is 16.1. The molecule has 5 heteroatoms. The number of carbonyl (C=O) groups excluding carboxylic acids is 1. The van der Waals surface area contributed by atoms with Gasteiger partial charge in [0, 0.05) is 6.42 Å². The highest BCUT2D eigenvalue weighted by molar-refractivity contribution is 5.76. The monoisotopic (exact) mass is 328 g/mol. The lowest BCUT2D eigenvalue weighted by Gasteiger charge is -2.25. The van der Waals surface area contributed by atoms with E-state index in [0.29, 0.717) is 18.9 Å². The number of aryl methyl sites for hydroxylation is 1. The third kappa shape index (κ3) is 4.91. The molecule has 0 radical (unpaired) electrons. The Hall–Kier alpha value is -2.17. The Morgan fingerprint density at radius 2 is 1.88 bits per heavy atom. The molecule has 24 heavy (non-hydrogen) atoms. The van der Waals surface area contributed by atoms with E-state index in [2.05, 4.69) is 74.3 Å². The summed E-state index contributed by atoms with van der Waals surface area (Å²) in [6.07, 6.45) is 3.50. The lowest BCUT2D eigenvalue weighted by molar-refractivity contribution is -0.122. The first-order valence-corrected chi connectivity index (χ1v) is 8.49. The molecule has 1 N–H and O–H groups in total. The summed E-state index contributed by atoms with van der Waals surface area (Å²) < 4.78 is 1.67. The standard InChI is InChI=1S/C19H28N4O/c1-14(2)18(15-6-8-16(9-7-15)19(3,4)5)22-17(24)10-11-23-13-20-12-21-23/h6-9,12-14,18H,10-11H2,1-5H3,(H,22,24). The lowest BCUT2D eigenvalue weighted by atomic mass is 9.85. The number of hydrogen-bond donors (Lipinski definition) is 1. The second-order valence-corrected chi connectivity index (χ2v) is 7.57. The Bertz CT molecular complexity index is 639. The zero-order valence-electron chi connectivity index (χ0n) is 15.3. The Morgan fingerprint density at radius 3 is 2.38 bits per heavy atom. The fraction of sp³-hybridized carbons (Fsp3) is 0.526. The van der Waals surface area contributed by atoms with Crippen molar-refractivity contribution in [2.75, 3.05) is 0 Å². The molecule has 0 aliphatic rings. The van der Waals surface area contributed by atoms with Crippen molar-refractivity contribution >= 4 is 5.91 Å². The van der Waals surface area contributed by atoms with Crippen LogP contribution in [0.5, 0.6) is 0 Å². The number of hydrogen-bond acceptors (Lipinski definition) is 3. The second-order valence-electron chi connectivity index (χ2n) is 7.57. The van der Waals surface area contributed by atoms with Gasteiger partial charge in [0.1, 0.15) is 12.7 Å². The number of carbonyl (C=O) groups is 1. The molecule has 2 rings (SSSR count). The average molecular weight is 328 g/mol. The molecule has 1 atom stereocenters. The van der Waals surface area contributed by atoms with Crippen LogP contribution in [0.3, 0.4) is 0 Å². The number of rotatable bonds is 6. The molecule has 0 saturated carbocycles. The Balaban J connectivity index is 2.02. The molecule has 0 bridgehead atoms. The quantitative estimate of drug-likeness (QED) is 0.883. The van der Waals surface area contributed by atoms with Gasteiger partial charge in [-0.05, 0) is 22.5 Å². The smallest absolute Gasteiger partial charge is 0.222 e. The first kappa shape index (κ1) is 18.2. The second kappa shape index (κ2) is 7.60. The summed E-state index contributed by atoms with van der Waals surface area (Å²) in [7, 11) is 0. The van der Waals surface area contributed by atoms with Crippen molar-refractivity contribution in [3.05, 3.63) is 48.0 Å². The molecule has 1 aromatic carbocycles. The van der Waals surface area contributed by atoms with E-state index in [0.717, 1.165) is 5.56 Å². The maximum Gasteiger partial charge on any atom is 0.222 e. The van der Waals surface area contributed by atoms with Crippen LogP contribution in [0.1, 0.15) is 58.2 Å². The van der Waals surface area contributed by atoms with Crippen LogP contribution in [0.15, 0.2) is 36.9 Å². The minimum Gasteiger partial charge on any atom is -0.349 e. The molecule has 0 aliphatic heterocycles. The first-order valence-electron chi connectivity index (χ1n) is 8.49. The minimum absolute atomic E-state index is 0.0160. The van der Waals surface area contributed by atoms with E-state index in [1.165, 1.54) is 11.9 Å². The molecule has 0 fully saturated rings. The topological polar surface area (TPSA) is 59.8 Å². The molecule has 2 aromatic rings. The fourth-order valence-corrected chi connectivity index (χ4v) is 2.64. The molecular formula is C19H28N4O. The van der Waals surface area contributed by atoms with E-state index in [9.17, 15) is 4.79 Å². The van der Waals surface area contributed by atoms with Crippen LogP contribution in [0.25, 0.3) is 0 Å². The van der Waals surface area contributed by atoms with Crippen molar-refractivity contribution < 1.29 is 4.79 Å². The predicted octanol–water partition coefficient (Wildman–Crippen LogP) is 3.48. The minimum atomic E-state index is 0.0160. The first-order chi connectivity index (χ1) is 11.3. The summed E-state index contributed by atoms with van der Waals surface area (Å²) in [5.74, 6) is 0.352. The van der Waals surface area contributed by atoms with E-state index in [1.54, 1.807) is 11.0 Å². The van der Waals surface area contributed by atoms with Crippen molar-refractivity contribution in [2.45, 2.75) is 59.0 Å². The van der Waals surface area contributed by atoms with Crippen LogP contribution in [0.2, 0.25) is 0 Å². The predicted molar refractivity (Wildman–Crippen MR) is 95.5 cm³/mol. The van der Waals surface area contributed by atoms with E-state index in [4.69, 9.17) is 0 Å². The molecule has 1 amide bonds. The molecule has 5 nitrogen and oxygen atoms in total. The van der Waals surface area contributed by atoms with Gasteiger partial charge >= 0.3 is 0 Å². The number of aromatic nitrogens is 3. The van der Waals surface area contributed by atoms with Gasteiger partial charge < -0.3 is 5.32 Å². The van der Waals surface area contributed by atoms with Gasteiger partial charge in [0.15, 0.2) is 0 Å². The van der Waals surface area contributed by atoms with Crippen molar-refractivity contribution in [3.8, 4) is 0 Å². The highest BCUT2D eigenvalue weighted by Gasteiger charge is 2.20. The van der Waals surface area contributed by atoms with Crippen LogP contribution >= 0.6 is 0 Å². The van der Waals surface area contributed by atoms with E-state index < -0.39 is 0 Å². The SMILES string of the molecule is CC(C)C(NC(=O)CCn1cncn1)c1ccc(C(C)(C)C)cc1. The normalized spacial score (nSPS) is 13.1. The Morgan fingerprint density at radius 1 is 1.21 bits per heavy atom. The Kier molecular flexibility index (Phi) is 5.75. The number of nitrogens with zero attached hydrogens (tertiary/aromatic N) is 3.